The lowest BCUT2D eigenvalue weighted by atomic mass is 10.3. The van der Waals surface area contributed by atoms with Gasteiger partial charge in [0, 0.05) is 17.5 Å². The molecule has 0 aliphatic carbocycles. The molecule has 18 heavy (non-hydrogen) atoms. The molecule has 0 N–H and O–H groups in total. The van der Waals surface area contributed by atoms with Crippen molar-refractivity contribution in [2.75, 3.05) is 13.1 Å². The summed E-state index contributed by atoms with van der Waals surface area (Å²) in [5, 5.41) is 8.02. The van der Waals surface area contributed by atoms with Gasteiger partial charge in [-0.15, -0.1) is 0 Å². The van der Waals surface area contributed by atoms with E-state index in [4.69, 9.17) is 4.52 Å². The van der Waals surface area contributed by atoms with Crippen LogP contribution in [0.4, 0.5) is 0 Å². The molecule has 4 nitrogen and oxygen atoms in total. The van der Waals surface area contributed by atoms with Gasteiger partial charge in [0.05, 0.1) is 6.54 Å². The first-order chi connectivity index (χ1) is 8.69. The van der Waals surface area contributed by atoms with Gasteiger partial charge in [-0.25, -0.2) is 0 Å². The van der Waals surface area contributed by atoms with E-state index in [-0.39, 0.29) is 0 Å². The fourth-order valence-electron chi connectivity index (χ4n) is 1.68. The van der Waals surface area contributed by atoms with Crippen LogP contribution in [-0.4, -0.2) is 28.1 Å². The molecule has 0 amide bonds. The van der Waals surface area contributed by atoms with Crippen LogP contribution in [-0.2, 0) is 6.54 Å². The molecule has 0 bridgehead atoms. The summed E-state index contributed by atoms with van der Waals surface area (Å²) in [6, 6.07) is 1.99. The van der Waals surface area contributed by atoms with E-state index >= 15 is 0 Å². The first-order valence-electron chi connectivity index (χ1n) is 5.91. The lowest BCUT2D eigenvalue weighted by Crippen LogP contribution is -2.24. The Morgan fingerprint density at radius 3 is 3.00 bits per heavy atom. The molecule has 2 aromatic heterocycles. The molecule has 96 valence electrons. The standard InChI is InChI=1S/C13H17N3OS/c1-4-16(7-10(2)3)8-12-14-13(15-17-12)11-5-6-18-9-11/h5-6,9H,2,4,7-8H2,1,3H3. The number of rotatable bonds is 6. The van der Waals surface area contributed by atoms with Gasteiger partial charge < -0.3 is 4.52 Å². The Morgan fingerprint density at radius 2 is 2.39 bits per heavy atom. The third kappa shape index (κ3) is 3.27. The Balaban J connectivity index is 2.04. The summed E-state index contributed by atoms with van der Waals surface area (Å²) >= 11 is 1.63. The van der Waals surface area contributed by atoms with Gasteiger partial charge in [0.25, 0.3) is 0 Å². The fraction of sp³-hybridized carbons (Fsp3) is 0.385. The van der Waals surface area contributed by atoms with Crippen molar-refractivity contribution in [3.63, 3.8) is 0 Å². The van der Waals surface area contributed by atoms with Crippen LogP contribution in [0.5, 0.6) is 0 Å². The average molecular weight is 263 g/mol. The highest BCUT2D eigenvalue weighted by atomic mass is 32.1. The van der Waals surface area contributed by atoms with Gasteiger partial charge in [0.1, 0.15) is 0 Å². The van der Waals surface area contributed by atoms with Crippen LogP contribution in [0, 0.1) is 0 Å². The molecule has 0 fully saturated rings. The maximum Gasteiger partial charge on any atom is 0.241 e. The SMILES string of the molecule is C=C(C)CN(CC)Cc1nc(-c2ccsc2)no1. The van der Waals surface area contributed by atoms with E-state index in [9.17, 15) is 0 Å². The van der Waals surface area contributed by atoms with Crippen LogP contribution in [0.2, 0.25) is 0 Å². The second-order valence-electron chi connectivity index (χ2n) is 4.28. The van der Waals surface area contributed by atoms with E-state index in [0.29, 0.717) is 18.3 Å². The van der Waals surface area contributed by atoms with E-state index < -0.39 is 0 Å². The molecule has 0 unspecified atom stereocenters. The lowest BCUT2D eigenvalue weighted by Gasteiger charge is -2.17. The first kappa shape index (κ1) is 13.0. The summed E-state index contributed by atoms with van der Waals surface area (Å²) in [7, 11) is 0. The quantitative estimate of drug-likeness (QED) is 0.751. The van der Waals surface area contributed by atoms with Crippen molar-refractivity contribution in [1.82, 2.24) is 15.0 Å². The summed E-state index contributed by atoms with van der Waals surface area (Å²) < 4.78 is 5.27. The molecule has 0 aromatic carbocycles. The van der Waals surface area contributed by atoms with E-state index in [1.54, 1.807) is 11.3 Å². The minimum Gasteiger partial charge on any atom is -0.338 e. The summed E-state index contributed by atoms with van der Waals surface area (Å²) in [6.07, 6.45) is 0. The summed E-state index contributed by atoms with van der Waals surface area (Å²) in [4.78, 5) is 6.62. The summed E-state index contributed by atoms with van der Waals surface area (Å²) in [6.45, 7) is 10.5. The zero-order valence-electron chi connectivity index (χ0n) is 10.7. The second kappa shape index (κ2) is 5.93. The zero-order valence-corrected chi connectivity index (χ0v) is 11.5. The molecular weight excluding hydrogens is 246 g/mol. The van der Waals surface area contributed by atoms with Crippen molar-refractivity contribution in [3.8, 4) is 11.4 Å². The van der Waals surface area contributed by atoms with Gasteiger partial charge in [0.15, 0.2) is 0 Å². The average Bonchev–Trinajstić information content (AvgIpc) is 2.97. The Bertz CT molecular complexity index is 504. The van der Waals surface area contributed by atoms with Gasteiger partial charge >= 0.3 is 0 Å². The molecule has 5 heteroatoms. The molecule has 2 rings (SSSR count). The number of aromatic nitrogens is 2. The van der Waals surface area contributed by atoms with Gasteiger partial charge in [-0.1, -0.05) is 24.2 Å². The molecule has 0 radical (unpaired) electrons. The molecule has 0 aliphatic rings. The first-order valence-corrected chi connectivity index (χ1v) is 6.85. The van der Waals surface area contributed by atoms with Gasteiger partial charge in [-0.3, -0.25) is 4.90 Å². The third-order valence-electron chi connectivity index (χ3n) is 2.55. The highest BCUT2D eigenvalue weighted by Crippen LogP contribution is 2.19. The van der Waals surface area contributed by atoms with Crippen molar-refractivity contribution in [2.24, 2.45) is 0 Å². The number of hydrogen-bond acceptors (Lipinski definition) is 5. The Morgan fingerprint density at radius 1 is 1.56 bits per heavy atom. The largest absolute Gasteiger partial charge is 0.338 e. The zero-order chi connectivity index (χ0) is 13.0. The fourth-order valence-corrected chi connectivity index (χ4v) is 2.31. The minimum atomic E-state index is 0.652. The maximum atomic E-state index is 5.27. The molecular formula is C13H17N3OS. The molecule has 0 saturated carbocycles. The van der Waals surface area contributed by atoms with E-state index in [1.165, 1.54) is 0 Å². The summed E-state index contributed by atoms with van der Waals surface area (Å²) in [5.74, 6) is 1.32. The Kier molecular flexibility index (Phi) is 4.28. The van der Waals surface area contributed by atoms with E-state index in [2.05, 4.69) is 28.5 Å². The molecule has 0 aliphatic heterocycles. The number of thiophene rings is 1. The highest BCUT2D eigenvalue weighted by molar-refractivity contribution is 7.08. The van der Waals surface area contributed by atoms with Crippen molar-refractivity contribution in [1.29, 1.82) is 0 Å². The lowest BCUT2D eigenvalue weighted by molar-refractivity contribution is 0.252. The Hall–Kier alpha value is -1.46. The smallest absolute Gasteiger partial charge is 0.241 e. The number of nitrogens with zero attached hydrogens (tertiary/aromatic N) is 3. The van der Waals surface area contributed by atoms with Crippen molar-refractivity contribution >= 4 is 11.3 Å². The van der Waals surface area contributed by atoms with Crippen LogP contribution in [0.3, 0.4) is 0 Å². The molecule has 0 atom stereocenters. The van der Waals surface area contributed by atoms with Crippen LogP contribution < -0.4 is 0 Å². The van der Waals surface area contributed by atoms with E-state index in [0.717, 1.165) is 24.2 Å². The maximum absolute atomic E-state index is 5.27. The van der Waals surface area contributed by atoms with Crippen molar-refractivity contribution in [3.05, 3.63) is 34.9 Å². The number of likely N-dealkylation sites (N-methyl/N-ethyl adjacent to an activating group) is 1. The number of hydrogen-bond donors (Lipinski definition) is 0. The normalized spacial score (nSPS) is 11.1. The van der Waals surface area contributed by atoms with Gasteiger partial charge in [0.2, 0.25) is 11.7 Å². The second-order valence-corrected chi connectivity index (χ2v) is 5.06. The minimum absolute atomic E-state index is 0.652. The third-order valence-corrected chi connectivity index (χ3v) is 3.23. The molecule has 0 spiro atoms. The predicted octanol–water partition coefficient (Wildman–Crippen LogP) is 3.20. The van der Waals surface area contributed by atoms with E-state index in [1.807, 2.05) is 23.8 Å². The topological polar surface area (TPSA) is 42.2 Å². The van der Waals surface area contributed by atoms with Crippen LogP contribution in [0.25, 0.3) is 11.4 Å². The van der Waals surface area contributed by atoms with Crippen LogP contribution in [0.1, 0.15) is 19.7 Å². The van der Waals surface area contributed by atoms with Crippen molar-refractivity contribution in [2.45, 2.75) is 20.4 Å². The van der Waals surface area contributed by atoms with Gasteiger partial charge in [-0.05, 0) is 24.9 Å². The predicted molar refractivity (Wildman–Crippen MR) is 73.4 cm³/mol. The molecule has 2 aromatic rings. The van der Waals surface area contributed by atoms with Crippen molar-refractivity contribution < 1.29 is 4.52 Å². The highest BCUT2D eigenvalue weighted by Gasteiger charge is 2.12. The molecule has 2 heterocycles. The monoisotopic (exact) mass is 263 g/mol. The van der Waals surface area contributed by atoms with Gasteiger partial charge in [-0.2, -0.15) is 16.3 Å². The Labute approximate surface area is 111 Å². The van der Waals surface area contributed by atoms with Crippen LogP contribution >= 0.6 is 11.3 Å². The summed E-state index contributed by atoms with van der Waals surface area (Å²) in [5.41, 5.74) is 2.15. The molecule has 0 saturated heterocycles. The van der Waals surface area contributed by atoms with Crippen LogP contribution in [0.15, 0.2) is 33.5 Å².